The number of aromatic nitrogens is 1. The predicted molar refractivity (Wildman–Crippen MR) is 108 cm³/mol. The quantitative estimate of drug-likeness (QED) is 0.809. The number of benzene rings is 1. The Kier molecular flexibility index (Phi) is 5.67. The smallest absolute Gasteiger partial charge is 0.232 e. The van der Waals surface area contributed by atoms with Crippen LogP contribution in [0.4, 0.5) is 5.69 Å². The van der Waals surface area contributed by atoms with E-state index in [2.05, 4.69) is 36.5 Å². The molecule has 1 aromatic carbocycles. The average Bonchev–Trinajstić information content (AvgIpc) is 3.45. The Morgan fingerprint density at radius 1 is 1.28 bits per heavy atom. The number of hydrogen-bond donors (Lipinski definition) is 1. The third-order valence-electron chi connectivity index (χ3n) is 5.91. The predicted octanol–water partition coefficient (Wildman–Crippen LogP) is 2.33. The lowest BCUT2D eigenvalue weighted by Gasteiger charge is -2.21. The first-order valence-electron chi connectivity index (χ1n) is 10.2. The molecule has 7 nitrogen and oxygen atoms in total. The van der Waals surface area contributed by atoms with Crippen molar-refractivity contribution in [1.82, 2.24) is 10.5 Å². The highest BCUT2D eigenvalue weighted by Gasteiger charge is 2.36. The van der Waals surface area contributed by atoms with E-state index in [0.29, 0.717) is 32.4 Å². The normalized spacial score (nSPS) is 20.7. The van der Waals surface area contributed by atoms with Crippen LogP contribution in [-0.4, -0.2) is 42.8 Å². The molecule has 2 atom stereocenters. The number of nitrogens with one attached hydrogen (secondary N) is 1. The van der Waals surface area contributed by atoms with Crippen LogP contribution >= 0.6 is 0 Å². The van der Waals surface area contributed by atoms with Gasteiger partial charge >= 0.3 is 0 Å². The second-order valence-electron chi connectivity index (χ2n) is 7.99. The second-order valence-corrected chi connectivity index (χ2v) is 7.99. The van der Waals surface area contributed by atoms with Crippen LogP contribution in [0.1, 0.15) is 35.2 Å². The van der Waals surface area contributed by atoms with Crippen LogP contribution in [0, 0.1) is 19.8 Å². The monoisotopic (exact) mass is 397 g/mol. The molecule has 0 saturated carbocycles. The number of amides is 2. The summed E-state index contributed by atoms with van der Waals surface area (Å²) >= 11 is 0. The third-order valence-corrected chi connectivity index (χ3v) is 5.91. The van der Waals surface area contributed by atoms with Gasteiger partial charge in [0, 0.05) is 37.7 Å². The van der Waals surface area contributed by atoms with Crippen molar-refractivity contribution >= 4 is 17.5 Å². The molecule has 4 rings (SSSR count). The first kappa shape index (κ1) is 19.6. The van der Waals surface area contributed by atoms with E-state index in [1.54, 1.807) is 6.07 Å². The zero-order valence-electron chi connectivity index (χ0n) is 16.9. The standard InChI is InChI=1S/C22H27N3O4/c1-14-9-16-5-7-25(20(16)10-15(14)2)22(27)17-11-19(28-13-17)12-23-21(26)4-3-18-6-8-29-24-18/h6,8-10,17,19H,3-5,7,11-13H2,1-2H3,(H,23,26)/t17-,19-/m0/s1. The Hall–Kier alpha value is -2.67. The van der Waals surface area contributed by atoms with Gasteiger partial charge in [-0.1, -0.05) is 11.2 Å². The fourth-order valence-corrected chi connectivity index (χ4v) is 4.06. The molecular formula is C22H27N3O4. The largest absolute Gasteiger partial charge is 0.376 e. The third kappa shape index (κ3) is 4.34. The van der Waals surface area contributed by atoms with E-state index >= 15 is 0 Å². The lowest BCUT2D eigenvalue weighted by molar-refractivity contribution is -0.122. The summed E-state index contributed by atoms with van der Waals surface area (Å²) in [6, 6.07) is 6.07. The van der Waals surface area contributed by atoms with E-state index in [1.807, 2.05) is 4.90 Å². The molecule has 29 heavy (non-hydrogen) atoms. The molecule has 2 aromatic rings. The summed E-state index contributed by atoms with van der Waals surface area (Å²) in [4.78, 5) is 27.0. The maximum atomic E-state index is 13.1. The first-order chi connectivity index (χ1) is 14.0. The Morgan fingerprint density at radius 3 is 2.90 bits per heavy atom. The molecule has 1 N–H and O–H groups in total. The van der Waals surface area contributed by atoms with Gasteiger partial charge in [0.25, 0.3) is 0 Å². The Morgan fingerprint density at radius 2 is 2.10 bits per heavy atom. The van der Waals surface area contributed by atoms with Crippen molar-refractivity contribution in [1.29, 1.82) is 0 Å². The number of aryl methyl sites for hydroxylation is 3. The van der Waals surface area contributed by atoms with Crippen molar-refractivity contribution < 1.29 is 18.8 Å². The number of fused-ring (bicyclic) bond motifs is 1. The molecular weight excluding hydrogens is 370 g/mol. The van der Waals surface area contributed by atoms with Gasteiger partial charge in [-0.05, 0) is 49.4 Å². The summed E-state index contributed by atoms with van der Waals surface area (Å²) < 4.78 is 10.5. The molecule has 0 spiro atoms. The molecule has 154 valence electrons. The van der Waals surface area contributed by atoms with Crippen molar-refractivity contribution in [3.8, 4) is 0 Å². The van der Waals surface area contributed by atoms with Crippen molar-refractivity contribution in [2.45, 2.75) is 45.6 Å². The summed E-state index contributed by atoms with van der Waals surface area (Å²) in [5.41, 5.74) is 5.53. The summed E-state index contributed by atoms with van der Waals surface area (Å²) in [6.07, 6.45) is 3.81. The second kappa shape index (κ2) is 8.37. The fourth-order valence-electron chi connectivity index (χ4n) is 4.06. The maximum absolute atomic E-state index is 13.1. The molecule has 0 aliphatic carbocycles. The van der Waals surface area contributed by atoms with Gasteiger partial charge in [0.1, 0.15) is 6.26 Å². The number of hydrogen-bond acceptors (Lipinski definition) is 5. The molecule has 3 heterocycles. The minimum atomic E-state index is -0.153. The van der Waals surface area contributed by atoms with Crippen LogP contribution in [0.15, 0.2) is 29.0 Å². The minimum absolute atomic E-state index is 0.0503. The number of anilines is 1. The molecule has 1 saturated heterocycles. The van der Waals surface area contributed by atoms with E-state index in [0.717, 1.165) is 24.3 Å². The summed E-state index contributed by atoms with van der Waals surface area (Å²) in [5.74, 6) is -0.0721. The van der Waals surface area contributed by atoms with Crippen LogP contribution in [0.25, 0.3) is 0 Å². The van der Waals surface area contributed by atoms with Crippen molar-refractivity contribution in [2.75, 3.05) is 24.6 Å². The van der Waals surface area contributed by atoms with E-state index in [9.17, 15) is 9.59 Å². The first-order valence-corrected chi connectivity index (χ1v) is 10.2. The van der Waals surface area contributed by atoms with Gasteiger partial charge in [-0.25, -0.2) is 0 Å². The lowest BCUT2D eigenvalue weighted by atomic mass is 10.0. The topological polar surface area (TPSA) is 84.7 Å². The van der Waals surface area contributed by atoms with E-state index in [1.165, 1.54) is 23.0 Å². The SMILES string of the molecule is Cc1cc2c(cc1C)N(C(=O)[C@@H]1CO[C@H](CNC(=O)CCc3ccon3)C1)CC2. The highest BCUT2D eigenvalue weighted by molar-refractivity contribution is 5.97. The molecule has 2 aliphatic rings. The van der Waals surface area contributed by atoms with Gasteiger partial charge in [0.05, 0.1) is 24.3 Å². The zero-order valence-corrected chi connectivity index (χ0v) is 16.9. The average molecular weight is 397 g/mol. The maximum Gasteiger partial charge on any atom is 0.232 e. The highest BCUT2D eigenvalue weighted by atomic mass is 16.5. The molecule has 2 amide bonds. The molecule has 0 bridgehead atoms. The van der Waals surface area contributed by atoms with E-state index in [4.69, 9.17) is 9.26 Å². The highest BCUT2D eigenvalue weighted by Crippen LogP contribution is 2.33. The van der Waals surface area contributed by atoms with Gasteiger partial charge in [0.15, 0.2) is 0 Å². The minimum Gasteiger partial charge on any atom is -0.376 e. The van der Waals surface area contributed by atoms with Gasteiger partial charge in [-0.2, -0.15) is 0 Å². The van der Waals surface area contributed by atoms with Gasteiger partial charge < -0.3 is 19.5 Å². The number of nitrogens with zero attached hydrogens (tertiary/aromatic N) is 2. The van der Waals surface area contributed by atoms with Gasteiger partial charge in [0.2, 0.25) is 11.8 Å². The molecule has 1 fully saturated rings. The van der Waals surface area contributed by atoms with Crippen molar-refractivity contribution in [3.05, 3.63) is 46.8 Å². The van der Waals surface area contributed by atoms with Crippen LogP contribution < -0.4 is 10.2 Å². The number of carbonyl (C=O) groups excluding carboxylic acids is 2. The lowest BCUT2D eigenvalue weighted by Crippen LogP contribution is -2.36. The van der Waals surface area contributed by atoms with E-state index in [-0.39, 0.29) is 23.8 Å². The van der Waals surface area contributed by atoms with E-state index < -0.39 is 0 Å². The van der Waals surface area contributed by atoms with Gasteiger partial charge in [-0.3, -0.25) is 9.59 Å². The molecule has 0 radical (unpaired) electrons. The van der Waals surface area contributed by atoms with Crippen LogP contribution in [0.2, 0.25) is 0 Å². The Bertz CT molecular complexity index is 894. The molecule has 2 aliphatic heterocycles. The van der Waals surface area contributed by atoms with Crippen LogP contribution in [-0.2, 0) is 27.2 Å². The summed E-state index contributed by atoms with van der Waals surface area (Å²) in [7, 11) is 0. The molecule has 1 aromatic heterocycles. The summed E-state index contributed by atoms with van der Waals surface area (Å²) in [6.45, 7) is 5.76. The molecule has 0 unspecified atom stereocenters. The Labute approximate surface area is 170 Å². The fraction of sp³-hybridized carbons (Fsp3) is 0.500. The van der Waals surface area contributed by atoms with Gasteiger partial charge in [-0.15, -0.1) is 0 Å². The Balaban J connectivity index is 1.26. The molecule has 7 heteroatoms. The number of rotatable bonds is 6. The number of carbonyl (C=O) groups is 2. The van der Waals surface area contributed by atoms with Crippen molar-refractivity contribution in [3.63, 3.8) is 0 Å². The summed E-state index contributed by atoms with van der Waals surface area (Å²) in [5, 5.41) is 6.70. The van der Waals surface area contributed by atoms with Crippen LogP contribution in [0.3, 0.4) is 0 Å². The zero-order chi connectivity index (χ0) is 20.4. The number of ether oxygens (including phenoxy) is 1. The van der Waals surface area contributed by atoms with Crippen LogP contribution in [0.5, 0.6) is 0 Å². The van der Waals surface area contributed by atoms with Crippen molar-refractivity contribution in [2.24, 2.45) is 5.92 Å².